The van der Waals surface area contributed by atoms with Gasteiger partial charge in [-0.3, -0.25) is 0 Å². The zero-order valence-electron chi connectivity index (χ0n) is 15.0. The minimum atomic E-state index is -3.55. The highest BCUT2D eigenvalue weighted by Gasteiger charge is 2.26. The van der Waals surface area contributed by atoms with Crippen molar-refractivity contribution in [3.05, 3.63) is 59.9 Å². The molecule has 0 amide bonds. The van der Waals surface area contributed by atoms with Crippen LogP contribution in [0.2, 0.25) is 0 Å². The van der Waals surface area contributed by atoms with Gasteiger partial charge in [0.25, 0.3) is 0 Å². The standard InChI is InChI=1S/C19H20FNO6S/c20-16-3-1-2-15(14-16)19(22)27-13-12-26-17-4-6-18(7-5-17)28(23,24)21-8-10-25-11-9-21/h1-7,14H,8-13H2. The van der Waals surface area contributed by atoms with Gasteiger partial charge in [0.2, 0.25) is 10.0 Å². The second-order valence-corrected chi connectivity index (χ2v) is 7.92. The number of esters is 1. The third-order valence-electron chi connectivity index (χ3n) is 4.08. The predicted molar refractivity (Wildman–Crippen MR) is 98.2 cm³/mol. The number of rotatable bonds is 7. The summed E-state index contributed by atoms with van der Waals surface area (Å²) in [5.74, 6) is -0.712. The number of hydrogen-bond acceptors (Lipinski definition) is 6. The summed E-state index contributed by atoms with van der Waals surface area (Å²) in [6.45, 7) is 1.48. The molecule has 1 fully saturated rings. The van der Waals surface area contributed by atoms with E-state index in [0.29, 0.717) is 32.1 Å². The quantitative estimate of drug-likeness (QED) is 0.514. The van der Waals surface area contributed by atoms with Crippen LogP contribution in [0, 0.1) is 5.82 Å². The fraction of sp³-hybridized carbons (Fsp3) is 0.316. The van der Waals surface area contributed by atoms with Crippen LogP contribution in [0.4, 0.5) is 4.39 Å². The molecule has 0 atom stereocenters. The van der Waals surface area contributed by atoms with E-state index in [-0.39, 0.29) is 23.7 Å². The maximum Gasteiger partial charge on any atom is 0.338 e. The lowest BCUT2D eigenvalue weighted by molar-refractivity contribution is 0.0450. The van der Waals surface area contributed by atoms with Crippen molar-refractivity contribution >= 4 is 16.0 Å². The Hall–Kier alpha value is -2.49. The molecule has 0 N–H and O–H groups in total. The molecule has 3 rings (SSSR count). The summed E-state index contributed by atoms with van der Waals surface area (Å²) in [5.41, 5.74) is 0.123. The zero-order chi connectivity index (χ0) is 20.0. The summed E-state index contributed by atoms with van der Waals surface area (Å²) in [7, 11) is -3.55. The summed E-state index contributed by atoms with van der Waals surface area (Å²) in [6, 6.07) is 11.2. The van der Waals surface area contributed by atoms with Gasteiger partial charge >= 0.3 is 5.97 Å². The fourth-order valence-corrected chi connectivity index (χ4v) is 4.04. The van der Waals surface area contributed by atoms with Crippen LogP contribution in [0.25, 0.3) is 0 Å². The van der Waals surface area contributed by atoms with E-state index in [1.54, 1.807) is 12.1 Å². The van der Waals surface area contributed by atoms with Crippen LogP contribution in [0.1, 0.15) is 10.4 Å². The SMILES string of the molecule is O=C(OCCOc1ccc(S(=O)(=O)N2CCOCC2)cc1)c1cccc(F)c1. The zero-order valence-corrected chi connectivity index (χ0v) is 15.9. The second-order valence-electron chi connectivity index (χ2n) is 5.98. The number of ether oxygens (including phenoxy) is 3. The van der Waals surface area contributed by atoms with Crippen LogP contribution in [-0.4, -0.2) is 58.2 Å². The minimum Gasteiger partial charge on any atom is -0.490 e. The molecule has 1 saturated heterocycles. The Kier molecular flexibility index (Phi) is 6.61. The maximum absolute atomic E-state index is 13.1. The molecule has 2 aromatic rings. The van der Waals surface area contributed by atoms with Gasteiger partial charge in [-0.1, -0.05) is 6.07 Å². The lowest BCUT2D eigenvalue weighted by Crippen LogP contribution is -2.40. The number of morpholine rings is 1. The van der Waals surface area contributed by atoms with Gasteiger partial charge in [0, 0.05) is 13.1 Å². The Labute approximate surface area is 162 Å². The molecule has 0 saturated carbocycles. The van der Waals surface area contributed by atoms with Crippen molar-refractivity contribution in [2.75, 3.05) is 39.5 Å². The van der Waals surface area contributed by atoms with Crippen molar-refractivity contribution in [3.8, 4) is 5.75 Å². The van der Waals surface area contributed by atoms with Crippen LogP contribution in [0.5, 0.6) is 5.75 Å². The Morgan fingerprint density at radius 1 is 1.07 bits per heavy atom. The number of benzene rings is 2. The molecule has 0 unspecified atom stereocenters. The Bertz CT molecular complexity index is 910. The number of carbonyl (C=O) groups is 1. The van der Waals surface area contributed by atoms with E-state index in [9.17, 15) is 17.6 Å². The van der Waals surface area contributed by atoms with Gasteiger partial charge in [-0.25, -0.2) is 17.6 Å². The van der Waals surface area contributed by atoms with E-state index >= 15 is 0 Å². The first kappa shape index (κ1) is 20.2. The van der Waals surface area contributed by atoms with Crippen LogP contribution in [0.3, 0.4) is 0 Å². The van der Waals surface area contributed by atoms with Gasteiger partial charge in [-0.2, -0.15) is 4.31 Å². The van der Waals surface area contributed by atoms with Crippen molar-refractivity contribution in [2.24, 2.45) is 0 Å². The number of hydrogen-bond donors (Lipinski definition) is 0. The van der Waals surface area contributed by atoms with Crippen LogP contribution >= 0.6 is 0 Å². The minimum absolute atomic E-state index is 0.0246. The number of halogens is 1. The molecular weight excluding hydrogens is 389 g/mol. The van der Waals surface area contributed by atoms with Crippen molar-refractivity contribution in [1.29, 1.82) is 0 Å². The van der Waals surface area contributed by atoms with E-state index in [0.717, 1.165) is 6.07 Å². The number of carbonyl (C=O) groups excluding carboxylic acids is 1. The monoisotopic (exact) mass is 409 g/mol. The van der Waals surface area contributed by atoms with E-state index in [2.05, 4.69) is 0 Å². The summed E-state index contributed by atoms with van der Waals surface area (Å²) in [5, 5.41) is 0. The molecule has 1 heterocycles. The molecule has 2 aromatic carbocycles. The van der Waals surface area contributed by atoms with Gasteiger partial charge in [-0.05, 0) is 42.5 Å². The molecule has 0 aliphatic carbocycles. The van der Waals surface area contributed by atoms with E-state index in [4.69, 9.17) is 14.2 Å². The van der Waals surface area contributed by atoms with E-state index < -0.39 is 21.8 Å². The van der Waals surface area contributed by atoms with Gasteiger partial charge in [0.1, 0.15) is 24.8 Å². The van der Waals surface area contributed by atoms with Crippen molar-refractivity contribution in [1.82, 2.24) is 4.31 Å². The van der Waals surface area contributed by atoms with Crippen LogP contribution in [0.15, 0.2) is 53.4 Å². The molecule has 9 heteroatoms. The third kappa shape index (κ3) is 5.06. The Balaban J connectivity index is 1.48. The lowest BCUT2D eigenvalue weighted by Gasteiger charge is -2.26. The van der Waals surface area contributed by atoms with E-state index in [1.165, 1.54) is 34.6 Å². The largest absolute Gasteiger partial charge is 0.490 e. The highest BCUT2D eigenvalue weighted by atomic mass is 32.2. The predicted octanol–water partition coefficient (Wildman–Crippen LogP) is 2.08. The van der Waals surface area contributed by atoms with Gasteiger partial charge in [-0.15, -0.1) is 0 Å². The average Bonchev–Trinajstić information content (AvgIpc) is 2.72. The normalized spacial score (nSPS) is 15.2. The van der Waals surface area contributed by atoms with Crippen molar-refractivity contribution in [3.63, 3.8) is 0 Å². The maximum atomic E-state index is 13.1. The lowest BCUT2D eigenvalue weighted by atomic mass is 10.2. The Morgan fingerprint density at radius 2 is 1.79 bits per heavy atom. The molecule has 0 spiro atoms. The first-order chi connectivity index (χ1) is 13.5. The molecular formula is C19H20FNO6S. The van der Waals surface area contributed by atoms with Gasteiger partial charge in [0.05, 0.1) is 23.7 Å². The highest BCUT2D eigenvalue weighted by Crippen LogP contribution is 2.20. The fourth-order valence-electron chi connectivity index (χ4n) is 2.64. The molecule has 7 nitrogen and oxygen atoms in total. The molecule has 28 heavy (non-hydrogen) atoms. The van der Waals surface area contributed by atoms with Crippen LogP contribution < -0.4 is 4.74 Å². The van der Waals surface area contributed by atoms with Gasteiger partial charge < -0.3 is 14.2 Å². The molecule has 0 bridgehead atoms. The molecule has 150 valence electrons. The van der Waals surface area contributed by atoms with Crippen molar-refractivity contribution < 1.29 is 31.8 Å². The average molecular weight is 409 g/mol. The van der Waals surface area contributed by atoms with E-state index in [1.807, 2.05) is 0 Å². The summed E-state index contributed by atoms with van der Waals surface area (Å²) < 4.78 is 55.2. The molecule has 1 aliphatic rings. The molecule has 0 radical (unpaired) electrons. The number of sulfonamides is 1. The summed E-state index contributed by atoms with van der Waals surface area (Å²) in [6.07, 6.45) is 0. The number of nitrogens with zero attached hydrogens (tertiary/aromatic N) is 1. The smallest absolute Gasteiger partial charge is 0.338 e. The third-order valence-corrected chi connectivity index (χ3v) is 5.99. The first-order valence-electron chi connectivity index (χ1n) is 8.70. The highest BCUT2D eigenvalue weighted by molar-refractivity contribution is 7.89. The summed E-state index contributed by atoms with van der Waals surface area (Å²) in [4.78, 5) is 12.0. The second kappa shape index (κ2) is 9.13. The molecule has 1 aliphatic heterocycles. The topological polar surface area (TPSA) is 82.1 Å². The van der Waals surface area contributed by atoms with Crippen LogP contribution in [-0.2, 0) is 19.5 Å². The summed E-state index contributed by atoms with van der Waals surface area (Å²) >= 11 is 0. The Morgan fingerprint density at radius 3 is 2.46 bits per heavy atom. The van der Waals surface area contributed by atoms with Gasteiger partial charge in [0.15, 0.2) is 0 Å². The molecule has 0 aromatic heterocycles. The first-order valence-corrected chi connectivity index (χ1v) is 10.1. The van der Waals surface area contributed by atoms with Crippen molar-refractivity contribution in [2.45, 2.75) is 4.90 Å².